The lowest BCUT2D eigenvalue weighted by Crippen LogP contribution is -2.42. The second kappa shape index (κ2) is 8.96. The molecule has 34 heavy (non-hydrogen) atoms. The Kier molecular flexibility index (Phi) is 5.69. The van der Waals surface area contributed by atoms with Crippen molar-refractivity contribution in [2.24, 2.45) is 0 Å². The lowest BCUT2D eigenvalue weighted by atomic mass is 10.1. The monoisotopic (exact) mass is 470 g/mol. The minimum atomic E-state index is -0.589. The molecule has 0 spiro atoms. The zero-order valence-electron chi connectivity index (χ0n) is 17.9. The number of benzene rings is 3. The van der Waals surface area contributed by atoms with Crippen molar-refractivity contribution >= 4 is 45.0 Å². The summed E-state index contributed by atoms with van der Waals surface area (Å²) in [6.07, 6.45) is 1.49. The van der Waals surface area contributed by atoms with E-state index in [4.69, 9.17) is 11.6 Å². The minimum absolute atomic E-state index is 0.0340. The fourth-order valence-electron chi connectivity index (χ4n) is 3.98. The maximum atomic E-state index is 13.4. The molecule has 3 aromatic carbocycles. The van der Waals surface area contributed by atoms with Crippen LogP contribution < -0.4 is 16.6 Å². The summed E-state index contributed by atoms with van der Waals surface area (Å²) in [7, 11) is 0. The van der Waals surface area contributed by atoms with Crippen molar-refractivity contribution in [1.29, 1.82) is 0 Å². The Bertz CT molecular complexity index is 1650. The zero-order valence-corrected chi connectivity index (χ0v) is 18.7. The number of carbonyl (C=O) groups is 1. The molecule has 168 valence electrons. The third-order valence-electron chi connectivity index (χ3n) is 5.61. The SMILES string of the molecule is O=C(Cn1c(=O)n(Cc2ccc(Cl)cc2)c(=O)c2ncccc21)Nc1cccc2ccccc12. The van der Waals surface area contributed by atoms with Gasteiger partial charge < -0.3 is 5.32 Å². The number of anilines is 1. The highest BCUT2D eigenvalue weighted by atomic mass is 35.5. The predicted octanol–water partition coefficient (Wildman–Crippen LogP) is 4.05. The molecular weight excluding hydrogens is 452 g/mol. The summed E-state index contributed by atoms with van der Waals surface area (Å²) in [6.45, 7) is -0.239. The maximum Gasteiger partial charge on any atom is 0.332 e. The molecule has 0 saturated carbocycles. The fourth-order valence-corrected chi connectivity index (χ4v) is 4.10. The number of carbonyl (C=O) groups excluding carboxylic acids is 1. The van der Waals surface area contributed by atoms with Crippen LogP contribution in [0.2, 0.25) is 5.02 Å². The number of nitrogens with one attached hydrogen (secondary N) is 1. The van der Waals surface area contributed by atoms with Crippen LogP contribution in [0, 0.1) is 0 Å². The number of hydrogen-bond acceptors (Lipinski definition) is 4. The molecule has 0 bridgehead atoms. The van der Waals surface area contributed by atoms with Crippen LogP contribution in [0.25, 0.3) is 21.8 Å². The van der Waals surface area contributed by atoms with E-state index in [0.29, 0.717) is 16.2 Å². The number of fused-ring (bicyclic) bond motifs is 2. The topological polar surface area (TPSA) is 86.0 Å². The molecule has 1 amide bonds. The van der Waals surface area contributed by atoms with Crippen LogP contribution in [0.3, 0.4) is 0 Å². The smallest absolute Gasteiger partial charge is 0.324 e. The van der Waals surface area contributed by atoms with E-state index in [1.165, 1.54) is 10.8 Å². The van der Waals surface area contributed by atoms with E-state index in [2.05, 4.69) is 10.3 Å². The quantitative estimate of drug-likeness (QED) is 0.420. The summed E-state index contributed by atoms with van der Waals surface area (Å²) in [5.74, 6) is -0.389. The van der Waals surface area contributed by atoms with Gasteiger partial charge in [0.2, 0.25) is 5.91 Å². The van der Waals surface area contributed by atoms with Crippen molar-refractivity contribution in [1.82, 2.24) is 14.1 Å². The van der Waals surface area contributed by atoms with E-state index in [1.54, 1.807) is 36.4 Å². The van der Waals surface area contributed by atoms with Crippen molar-refractivity contribution in [2.45, 2.75) is 13.1 Å². The summed E-state index contributed by atoms with van der Waals surface area (Å²) in [4.78, 5) is 43.6. The van der Waals surface area contributed by atoms with Gasteiger partial charge in [-0.25, -0.2) is 9.78 Å². The Morgan fingerprint density at radius 2 is 1.65 bits per heavy atom. The van der Waals surface area contributed by atoms with Crippen molar-refractivity contribution < 1.29 is 4.79 Å². The van der Waals surface area contributed by atoms with Crippen molar-refractivity contribution in [2.75, 3.05) is 5.32 Å². The van der Waals surface area contributed by atoms with Gasteiger partial charge in [0.05, 0.1) is 12.1 Å². The van der Waals surface area contributed by atoms with Gasteiger partial charge in [-0.05, 0) is 41.3 Å². The van der Waals surface area contributed by atoms with Gasteiger partial charge >= 0.3 is 5.69 Å². The highest BCUT2D eigenvalue weighted by Crippen LogP contribution is 2.23. The van der Waals surface area contributed by atoms with Gasteiger partial charge in [-0.15, -0.1) is 0 Å². The Balaban J connectivity index is 1.54. The summed E-state index contributed by atoms with van der Waals surface area (Å²) in [5, 5.41) is 5.33. The Labute approximate surface area is 198 Å². The van der Waals surface area contributed by atoms with Crippen LogP contribution in [0.4, 0.5) is 5.69 Å². The lowest BCUT2D eigenvalue weighted by molar-refractivity contribution is -0.116. The van der Waals surface area contributed by atoms with Gasteiger partial charge in [0.15, 0.2) is 5.52 Å². The molecule has 0 radical (unpaired) electrons. The minimum Gasteiger partial charge on any atom is -0.324 e. The number of rotatable bonds is 5. The van der Waals surface area contributed by atoms with Gasteiger partial charge in [0.25, 0.3) is 5.56 Å². The number of amides is 1. The van der Waals surface area contributed by atoms with Crippen LogP contribution in [-0.2, 0) is 17.9 Å². The second-order valence-electron chi connectivity index (χ2n) is 7.83. The lowest BCUT2D eigenvalue weighted by Gasteiger charge is -2.14. The average molecular weight is 471 g/mol. The van der Waals surface area contributed by atoms with Gasteiger partial charge in [0, 0.05) is 22.3 Å². The van der Waals surface area contributed by atoms with E-state index in [9.17, 15) is 14.4 Å². The zero-order chi connectivity index (χ0) is 23.7. The van der Waals surface area contributed by atoms with Crippen LogP contribution in [-0.4, -0.2) is 20.0 Å². The van der Waals surface area contributed by atoms with E-state index in [-0.39, 0.29) is 24.5 Å². The summed E-state index contributed by atoms with van der Waals surface area (Å²) in [5.41, 5.74) is 0.695. The molecule has 0 aliphatic carbocycles. The molecule has 0 saturated heterocycles. The predicted molar refractivity (Wildman–Crippen MR) is 133 cm³/mol. The van der Waals surface area contributed by atoms with Gasteiger partial charge in [-0.3, -0.25) is 18.7 Å². The molecular formula is C26H19ClN4O3. The van der Waals surface area contributed by atoms with E-state index < -0.39 is 11.2 Å². The van der Waals surface area contributed by atoms with E-state index in [1.807, 2.05) is 42.5 Å². The number of pyridine rings is 1. The van der Waals surface area contributed by atoms with Gasteiger partial charge in [0.1, 0.15) is 6.54 Å². The van der Waals surface area contributed by atoms with Crippen LogP contribution in [0.1, 0.15) is 5.56 Å². The molecule has 0 fully saturated rings. The molecule has 0 aliphatic rings. The normalized spacial score (nSPS) is 11.1. The molecule has 5 aromatic rings. The van der Waals surface area contributed by atoms with Crippen LogP contribution >= 0.6 is 11.6 Å². The third kappa shape index (κ3) is 4.09. The average Bonchev–Trinajstić information content (AvgIpc) is 2.86. The first-order valence-electron chi connectivity index (χ1n) is 10.6. The summed E-state index contributed by atoms with van der Waals surface area (Å²) in [6, 6.07) is 23.4. The first-order valence-corrected chi connectivity index (χ1v) is 11.0. The second-order valence-corrected chi connectivity index (χ2v) is 8.27. The molecule has 0 aliphatic heterocycles. The van der Waals surface area contributed by atoms with Gasteiger partial charge in [-0.2, -0.15) is 0 Å². The highest BCUT2D eigenvalue weighted by molar-refractivity contribution is 6.30. The number of aromatic nitrogens is 3. The fraction of sp³-hybridized carbons (Fsp3) is 0.0769. The third-order valence-corrected chi connectivity index (χ3v) is 5.86. The molecule has 2 aromatic heterocycles. The maximum absolute atomic E-state index is 13.4. The molecule has 5 rings (SSSR count). The Hall–Kier alpha value is -4.23. The first-order chi connectivity index (χ1) is 16.5. The Morgan fingerprint density at radius 1 is 0.882 bits per heavy atom. The Morgan fingerprint density at radius 3 is 2.47 bits per heavy atom. The summed E-state index contributed by atoms with van der Waals surface area (Å²) >= 11 is 5.95. The first kappa shape index (κ1) is 21.6. The largest absolute Gasteiger partial charge is 0.332 e. The highest BCUT2D eigenvalue weighted by Gasteiger charge is 2.17. The molecule has 1 N–H and O–H groups in total. The molecule has 0 atom stereocenters. The van der Waals surface area contributed by atoms with Gasteiger partial charge in [-0.1, -0.05) is 60.1 Å². The van der Waals surface area contributed by atoms with Crippen molar-refractivity contribution in [3.63, 3.8) is 0 Å². The molecule has 7 nitrogen and oxygen atoms in total. The number of hydrogen-bond donors (Lipinski definition) is 1. The van der Waals surface area contributed by atoms with Crippen LogP contribution in [0.15, 0.2) is 94.6 Å². The molecule has 0 unspecified atom stereocenters. The van der Waals surface area contributed by atoms with Crippen molar-refractivity contribution in [3.05, 3.63) is 116 Å². The van der Waals surface area contributed by atoms with Crippen molar-refractivity contribution in [3.8, 4) is 0 Å². The number of nitrogens with zero attached hydrogens (tertiary/aromatic N) is 3. The summed E-state index contributed by atoms with van der Waals surface area (Å²) < 4.78 is 2.36. The van der Waals surface area contributed by atoms with Crippen LogP contribution in [0.5, 0.6) is 0 Å². The molecule has 2 heterocycles. The molecule has 8 heteroatoms. The standard InChI is InChI=1S/C26H19ClN4O3/c27-19-12-10-17(11-13-19)15-31-25(33)24-22(9-4-14-28-24)30(26(31)34)16-23(32)29-21-8-3-6-18-5-1-2-7-20(18)21/h1-14H,15-16H2,(H,29,32). The van der Waals surface area contributed by atoms with E-state index in [0.717, 1.165) is 20.9 Å². The van der Waals surface area contributed by atoms with E-state index >= 15 is 0 Å². The number of halogens is 1.